The van der Waals surface area contributed by atoms with Crippen molar-refractivity contribution in [3.63, 3.8) is 0 Å². The van der Waals surface area contributed by atoms with Gasteiger partial charge in [-0.2, -0.15) is 0 Å². The molecule has 1 unspecified atom stereocenters. The van der Waals surface area contributed by atoms with E-state index in [9.17, 15) is 9.90 Å². The van der Waals surface area contributed by atoms with E-state index in [2.05, 4.69) is 24.3 Å². The number of ether oxygens (including phenoxy) is 1. The lowest BCUT2D eigenvalue weighted by Gasteiger charge is -2.36. The highest BCUT2D eigenvalue weighted by atomic mass is 16.6. The van der Waals surface area contributed by atoms with E-state index in [0.29, 0.717) is 0 Å². The second-order valence-corrected chi connectivity index (χ2v) is 9.77. The van der Waals surface area contributed by atoms with Crippen LogP contribution in [0.2, 0.25) is 0 Å². The Balaban J connectivity index is 1.46. The summed E-state index contributed by atoms with van der Waals surface area (Å²) in [5.41, 5.74) is 2.88. The highest BCUT2D eigenvalue weighted by Gasteiger charge is 2.66. The smallest absolute Gasteiger partial charge is 0.331 e. The van der Waals surface area contributed by atoms with Crippen molar-refractivity contribution in [1.82, 2.24) is 0 Å². The molecule has 0 radical (unpaired) electrons. The monoisotopic (exact) mass is 438 g/mol. The zero-order valence-electron chi connectivity index (χ0n) is 18.8. The molecule has 1 N–H and O–H groups in total. The van der Waals surface area contributed by atoms with Crippen molar-refractivity contribution < 1.29 is 14.6 Å². The summed E-state index contributed by atoms with van der Waals surface area (Å²) >= 11 is 0. The predicted octanol–water partition coefficient (Wildman–Crippen LogP) is 5.63. The summed E-state index contributed by atoms with van der Waals surface area (Å²) in [5.74, 6) is -0.397. The van der Waals surface area contributed by atoms with E-state index in [1.807, 2.05) is 66.7 Å². The van der Waals surface area contributed by atoms with Crippen LogP contribution in [0, 0.1) is 10.8 Å². The summed E-state index contributed by atoms with van der Waals surface area (Å²) < 4.78 is 6.11. The lowest BCUT2D eigenvalue weighted by atomic mass is 9.72. The van der Waals surface area contributed by atoms with E-state index in [1.54, 1.807) is 6.08 Å². The molecule has 0 bridgehead atoms. The van der Waals surface area contributed by atoms with Gasteiger partial charge in [0, 0.05) is 16.9 Å². The van der Waals surface area contributed by atoms with Gasteiger partial charge in [0.25, 0.3) is 0 Å². The van der Waals surface area contributed by atoms with Crippen molar-refractivity contribution in [3.8, 4) is 0 Å². The molecule has 2 aliphatic carbocycles. The van der Waals surface area contributed by atoms with Crippen molar-refractivity contribution in [2.45, 2.75) is 44.3 Å². The number of hydrogen-bond acceptors (Lipinski definition) is 3. The highest BCUT2D eigenvalue weighted by molar-refractivity contribution is 5.87. The molecule has 0 aromatic heterocycles. The molecule has 3 aromatic carbocycles. The second-order valence-electron chi connectivity index (χ2n) is 9.77. The van der Waals surface area contributed by atoms with Crippen LogP contribution in [0.15, 0.2) is 97.1 Å². The Morgan fingerprint density at radius 2 is 1.36 bits per heavy atom. The predicted molar refractivity (Wildman–Crippen MR) is 130 cm³/mol. The van der Waals surface area contributed by atoms with E-state index in [4.69, 9.17) is 4.74 Å². The molecule has 0 aliphatic heterocycles. The Morgan fingerprint density at radius 1 is 0.848 bits per heavy atom. The van der Waals surface area contributed by atoms with Crippen LogP contribution in [0.4, 0.5) is 0 Å². The molecule has 0 heterocycles. The fourth-order valence-electron chi connectivity index (χ4n) is 5.67. The molecule has 2 fully saturated rings. The summed E-state index contributed by atoms with van der Waals surface area (Å²) in [6, 6.07) is 30.5. The van der Waals surface area contributed by atoms with Crippen LogP contribution in [0.1, 0.15) is 36.0 Å². The van der Waals surface area contributed by atoms with Gasteiger partial charge in [-0.3, -0.25) is 0 Å². The van der Waals surface area contributed by atoms with Gasteiger partial charge >= 0.3 is 5.97 Å². The summed E-state index contributed by atoms with van der Waals surface area (Å²) in [6.07, 6.45) is 6.45. The average Bonchev–Trinajstić information content (AvgIpc) is 3.59. The minimum atomic E-state index is -0.640. The number of rotatable bonds is 7. The summed E-state index contributed by atoms with van der Waals surface area (Å²) in [7, 11) is 0. The van der Waals surface area contributed by atoms with Crippen LogP contribution in [0.25, 0.3) is 6.08 Å². The van der Waals surface area contributed by atoms with Gasteiger partial charge in [-0.15, -0.1) is 0 Å². The number of hydrogen-bond donors (Lipinski definition) is 1. The molecule has 33 heavy (non-hydrogen) atoms. The Bertz CT molecular complexity index is 1060. The zero-order chi connectivity index (χ0) is 22.7. The lowest BCUT2D eigenvalue weighted by Crippen LogP contribution is -2.43. The summed E-state index contributed by atoms with van der Waals surface area (Å²) in [5, 5.41) is 11.4. The number of carbonyl (C=O) groups excluding carboxylic acids is 1. The second kappa shape index (κ2) is 8.99. The Hall–Kier alpha value is -3.17. The number of aliphatic hydroxyl groups excluding tert-OH is 1. The van der Waals surface area contributed by atoms with Crippen LogP contribution in [-0.2, 0) is 22.4 Å². The average molecular weight is 439 g/mol. The van der Waals surface area contributed by atoms with Crippen LogP contribution >= 0.6 is 0 Å². The first-order valence-corrected chi connectivity index (χ1v) is 11.8. The minimum Gasteiger partial charge on any atom is -0.456 e. The molecular formula is C30H30O3. The van der Waals surface area contributed by atoms with Gasteiger partial charge < -0.3 is 9.84 Å². The van der Waals surface area contributed by atoms with Gasteiger partial charge in [0.2, 0.25) is 0 Å². The van der Waals surface area contributed by atoms with Gasteiger partial charge in [-0.25, -0.2) is 4.79 Å². The third kappa shape index (κ3) is 4.65. The van der Waals surface area contributed by atoms with E-state index < -0.39 is 18.2 Å². The Labute approximate surface area is 195 Å². The third-order valence-electron chi connectivity index (χ3n) is 7.37. The first-order valence-electron chi connectivity index (χ1n) is 11.8. The maximum atomic E-state index is 12.9. The first kappa shape index (κ1) is 21.7. The molecule has 2 saturated carbocycles. The van der Waals surface area contributed by atoms with Gasteiger partial charge in [0.05, 0.1) is 6.10 Å². The quantitative estimate of drug-likeness (QED) is 0.384. The van der Waals surface area contributed by atoms with Crippen LogP contribution in [0.5, 0.6) is 0 Å². The van der Waals surface area contributed by atoms with Crippen molar-refractivity contribution in [1.29, 1.82) is 0 Å². The van der Waals surface area contributed by atoms with E-state index >= 15 is 0 Å². The SMILES string of the molecule is O=C(/C=C/c1ccccc1)O[C@@H]1C(O)C2(CC2)CC1(Cc1ccccc1)Cc1ccccc1. The molecule has 0 amide bonds. The summed E-state index contributed by atoms with van der Waals surface area (Å²) in [4.78, 5) is 12.9. The van der Waals surface area contributed by atoms with E-state index in [-0.39, 0.29) is 10.8 Å². The molecular weight excluding hydrogens is 408 g/mol. The van der Waals surface area contributed by atoms with Gasteiger partial charge in [0.15, 0.2) is 0 Å². The standard InChI is InChI=1S/C30H30O3/c31-26(17-16-23-10-4-1-5-11-23)33-28-27(32)29(18-19-29)22-30(28,20-24-12-6-2-7-13-24)21-25-14-8-3-9-15-25/h1-17,27-28,32H,18-22H2/b17-16+/t27?,28-/m1/s1. The topological polar surface area (TPSA) is 46.5 Å². The number of benzene rings is 3. The van der Waals surface area contributed by atoms with Gasteiger partial charge in [-0.1, -0.05) is 91.0 Å². The molecule has 1 spiro atoms. The molecule has 3 aromatic rings. The maximum absolute atomic E-state index is 12.9. The summed E-state index contributed by atoms with van der Waals surface area (Å²) in [6.45, 7) is 0. The third-order valence-corrected chi connectivity index (χ3v) is 7.37. The molecule has 2 aliphatic rings. The van der Waals surface area contributed by atoms with E-state index in [0.717, 1.165) is 37.7 Å². The molecule has 5 rings (SSSR count). The molecule has 3 heteroatoms. The van der Waals surface area contributed by atoms with Crippen LogP contribution < -0.4 is 0 Å². The molecule has 2 atom stereocenters. The number of esters is 1. The fourth-order valence-corrected chi connectivity index (χ4v) is 5.67. The van der Waals surface area contributed by atoms with Crippen LogP contribution in [-0.4, -0.2) is 23.3 Å². The minimum absolute atomic E-state index is 0.127. The van der Waals surface area contributed by atoms with Crippen molar-refractivity contribution in [2.75, 3.05) is 0 Å². The molecule has 0 saturated heterocycles. The van der Waals surface area contributed by atoms with Gasteiger partial charge in [-0.05, 0) is 54.9 Å². The lowest BCUT2D eigenvalue weighted by molar-refractivity contribution is -0.156. The van der Waals surface area contributed by atoms with Crippen molar-refractivity contribution >= 4 is 12.0 Å². The highest BCUT2D eigenvalue weighted by Crippen LogP contribution is 2.65. The Morgan fingerprint density at radius 3 is 1.88 bits per heavy atom. The zero-order valence-corrected chi connectivity index (χ0v) is 18.8. The van der Waals surface area contributed by atoms with Crippen molar-refractivity contribution in [2.24, 2.45) is 10.8 Å². The van der Waals surface area contributed by atoms with Crippen LogP contribution in [0.3, 0.4) is 0 Å². The fraction of sp³-hybridized carbons (Fsp3) is 0.300. The first-order chi connectivity index (χ1) is 16.1. The van der Waals surface area contributed by atoms with Gasteiger partial charge in [0.1, 0.15) is 6.10 Å². The number of carbonyl (C=O) groups is 1. The molecule has 3 nitrogen and oxygen atoms in total. The normalized spacial score (nSPS) is 22.5. The Kier molecular flexibility index (Phi) is 5.90. The maximum Gasteiger partial charge on any atom is 0.331 e. The van der Waals surface area contributed by atoms with E-state index in [1.165, 1.54) is 17.2 Å². The largest absolute Gasteiger partial charge is 0.456 e. The molecule has 168 valence electrons. The van der Waals surface area contributed by atoms with Crippen molar-refractivity contribution in [3.05, 3.63) is 114 Å². The number of aliphatic hydroxyl groups is 1.